The van der Waals surface area contributed by atoms with E-state index in [1.807, 2.05) is 12.1 Å². The fraction of sp³-hybridized carbons (Fsp3) is 0.118. The Kier molecular flexibility index (Phi) is 5.44. The zero-order chi connectivity index (χ0) is 15.9. The molecule has 5 heteroatoms. The third-order valence-corrected chi connectivity index (χ3v) is 3.37. The number of hydrogen-bond acceptors (Lipinski definition) is 3. The van der Waals surface area contributed by atoms with Crippen LogP contribution in [0.2, 0.25) is 5.02 Å². The van der Waals surface area contributed by atoms with E-state index in [0.29, 0.717) is 27.8 Å². The quantitative estimate of drug-likeness (QED) is 0.848. The summed E-state index contributed by atoms with van der Waals surface area (Å²) in [6, 6.07) is 12.5. The average molecular weight is 318 g/mol. The van der Waals surface area contributed by atoms with Crippen molar-refractivity contribution in [3.8, 4) is 11.5 Å². The normalized spacial score (nSPS) is 10.5. The van der Waals surface area contributed by atoms with E-state index < -0.39 is 0 Å². The summed E-state index contributed by atoms with van der Waals surface area (Å²) in [4.78, 5) is 11.9. The van der Waals surface area contributed by atoms with Crippen LogP contribution in [0.4, 0.5) is 5.69 Å². The second-order valence-corrected chi connectivity index (χ2v) is 4.80. The van der Waals surface area contributed by atoms with Gasteiger partial charge in [0.1, 0.15) is 11.5 Å². The van der Waals surface area contributed by atoms with E-state index in [9.17, 15) is 4.79 Å². The molecule has 0 aliphatic heterocycles. The first kappa shape index (κ1) is 15.9. The van der Waals surface area contributed by atoms with Gasteiger partial charge in [0.05, 0.1) is 19.2 Å². The first-order valence-electron chi connectivity index (χ1n) is 6.59. The molecule has 0 heterocycles. The summed E-state index contributed by atoms with van der Waals surface area (Å²) in [5, 5.41) is 3.22. The molecule has 0 radical (unpaired) electrons. The summed E-state index contributed by atoms with van der Waals surface area (Å²) in [6.45, 7) is 0. The molecule has 0 saturated carbocycles. The Hall–Kier alpha value is -2.46. The molecule has 0 fully saturated rings. The van der Waals surface area contributed by atoms with Gasteiger partial charge >= 0.3 is 0 Å². The van der Waals surface area contributed by atoms with E-state index in [4.69, 9.17) is 21.1 Å². The predicted molar refractivity (Wildman–Crippen MR) is 88.7 cm³/mol. The number of hydrogen-bond donors (Lipinski definition) is 1. The van der Waals surface area contributed by atoms with Crippen LogP contribution in [0.1, 0.15) is 5.56 Å². The fourth-order valence-electron chi connectivity index (χ4n) is 1.86. The van der Waals surface area contributed by atoms with Crippen LogP contribution in [0, 0.1) is 0 Å². The average Bonchev–Trinajstić information content (AvgIpc) is 2.54. The molecule has 0 saturated heterocycles. The lowest BCUT2D eigenvalue weighted by Gasteiger charge is -2.06. The summed E-state index contributed by atoms with van der Waals surface area (Å²) >= 11 is 6.17. The van der Waals surface area contributed by atoms with Gasteiger partial charge in [-0.3, -0.25) is 4.79 Å². The highest BCUT2D eigenvalue weighted by molar-refractivity contribution is 6.33. The highest BCUT2D eigenvalue weighted by Gasteiger charge is 2.04. The molecule has 2 aromatic carbocycles. The lowest BCUT2D eigenvalue weighted by molar-refractivity contribution is -0.111. The molecule has 0 aromatic heterocycles. The van der Waals surface area contributed by atoms with Crippen LogP contribution in [0.25, 0.3) is 6.08 Å². The maximum absolute atomic E-state index is 11.9. The Labute approximate surface area is 134 Å². The van der Waals surface area contributed by atoms with Crippen molar-refractivity contribution in [1.29, 1.82) is 0 Å². The number of carbonyl (C=O) groups excluding carboxylic acids is 1. The lowest BCUT2D eigenvalue weighted by Crippen LogP contribution is -2.07. The van der Waals surface area contributed by atoms with E-state index in [1.54, 1.807) is 50.6 Å². The minimum atomic E-state index is -0.257. The molecule has 0 bridgehead atoms. The maximum Gasteiger partial charge on any atom is 0.248 e. The Morgan fingerprint density at radius 1 is 1.14 bits per heavy atom. The molecule has 2 aromatic rings. The van der Waals surface area contributed by atoms with Crippen molar-refractivity contribution in [2.24, 2.45) is 0 Å². The van der Waals surface area contributed by atoms with Gasteiger partial charge in [-0.25, -0.2) is 0 Å². The molecule has 0 unspecified atom stereocenters. The molecule has 2 rings (SSSR count). The van der Waals surface area contributed by atoms with Gasteiger partial charge in [-0.2, -0.15) is 0 Å². The highest BCUT2D eigenvalue weighted by Crippen LogP contribution is 2.28. The zero-order valence-electron chi connectivity index (χ0n) is 12.3. The number of benzene rings is 2. The monoisotopic (exact) mass is 317 g/mol. The Morgan fingerprint density at radius 2 is 1.91 bits per heavy atom. The minimum absolute atomic E-state index is 0.257. The van der Waals surface area contributed by atoms with Gasteiger partial charge in [-0.15, -0.1) is 0 Å². The van der Waals surface area contributed by atoms with Crippen molar-refractivity contribution in [2.45, 2.75) is 0 Å². The molecular weight excluding hydrogens is 302 g/mol. The second kappa shape index (κ2) is 7.52. The van der Waals surface area contributed by atoms with Crippen molar-refractivity contribution < 1.29 is 14.3 Å². The van der Waals surface area contributed by atoms with Gasteiger partial charge in [-0.05, 0) is 29.8 Å². The molecule has 0 aliphatic carbocycles. The topological polar surface area (TPSA) is 47.6 Å². The highest BCUT2D eigenvalue weighted by atomic mass is 35.5. The third-order valence-electron chi connectivity index (χ3n) is 2.96. The van der Waals surface area contributed by atoms with E-state index in [-0.39, 0.29) is 5.91 Å². The van der Waals surface area contributed by atoms with Gasteiger partial charge in [-0.1, -0.05) is 29.8 Å². The van der Waals surface area contributed by atoms with E-state index in [0.717, 1.165) is 0 Å². The number of amides is 1. The Morgan fingerprint density at radius 3 is 2.64 bits per heavy atom. The maximum atomic E-state index is 11.9. The standard InChI is InChI=1S/C17H16ClNO3/c1-21-14-7-4-6-13(11-14)19-16(20)10-9-12-5-3-8-15(22-2)17(12)18/h3-11H,1-2H3,(H,19,20)/b10-9+. The molecule has 1 amide bonds. The smallest absolute Gasteiger partial charge is 0.248 e. The number of rotatable bonds is 5. The number of ether oxygens (including phenoxy) is 2. The lowest BCUT2D eigenvalue weighted by atomic mass is 10.2. The first-order valence-corrected chi connectivity index (χ1v) is 6.97. The van der Waals surface area contributed by atoms with Crippen LogP contribution < -0.4 is 14.8 Å². The molecule has 0 aliphatic rings. The van der Waals surface area contributed by atoms with Crippen molar-refractivity contribution in [3.05, 3.63) is 59.1 Å². The Balaban J connectivity index is 2.08. The van der Waals surface area contributed by atoms with E-state index in [1.165, 1.54) is 6.08 Å². The number of nitrogens with one attached hydrogen (secondary N) is 1. The van der Waals surface area contributed by atoms with Gasteiger partial charge < -0.3 is 14.8 Å². The number of anilines is 1. The van der Waals surface area contributed by atoms with Crippen LogP contribution in [0.3, 0.4) is 0 Å². The van der Waals surface area contributed by atoms with Crippen LogP contribution in [0.15, 0.2) is 48.5 Å². The van der Waals surface area contributed by atoms with E-state index >= 15 is 0 Å². The van der Waals surface area contributed by atoms with E-state index in [2.05, 4.69) is 5.32 Å². The largest absolute Gasteiger partial charge is 0.497 e. The number of halogens is 1. The predicted octanol–water partition coefficient (Wildman–Crippen LogP) is 4.01. The summed E-state index contributed by atoms with van der Waals surface area (Å²) < 4.78 is 10.2. The second-order valence-electron chi connectivity index (χ2n) is 4.42. The summed E-state index contributed by atoms with van der Waals surface area (Å²) in [6.07, 6.45) is 3.06. The SMILES string of the molecule is COc1cccc(NC(=O)/C=C/c2cccc(OC)c2Cl)c1. The molecule has 0 atom stereocenters. The Bertz CT molecular complexity index is 698. The van der Waals surface area contributed by atoms with Crippen LogP contribution >= 0.6 is 11.6 Å². The first-order chi connectivity index (χ1) is 10.6. The van der Waals surface area contributed by atoms with Crippen molar-refractivity contribution in [2.75, 3.05) is 19.5 Å². The van der Waals surface area contributed by atoms with Gasteiger partial charge in [0.2, 0.25) is 5.91 Å². The fourth-order valence-corrected chi connectivity index (χ4v) is 2.13. The summed E-state index contributed by atoms with van der Waals surface area (Å²) in [7, 11) is 3.12. The summed E-state index contributed by atoms with van der Waals surface area (Å²) in [5.74, 6) is 0.988. The molecule has 114 valence electrons. The molecular formula is C17H16ClNO3. The van der Waals surface area contributed by atoms with Crippen LogP contribution in [-0.4, -0.2) is 20.1 Å². The molecule has 0 spiro atoms. The number of methoxy groups -OCH3 is 2. The van der Waals surface area contributed by atoms with Gasteiger partial charge in [0, 0.05) is 17.8 Å². The number of carbonyl (C=O) groups is 1. The van der Waals surface area contributed by atoms with Gasteiger partial charge in [0.15, 0.2) is 0 Å². The third kappa shape index (κ3) is 4.02. The van der Waals surface area contributed by atoms with Crippen molar-refractivity contribution >= 4 is 29.3 Å². The van der Waals surface area contributed by atoms with Crippen molar-refractivity contribution in [3.63, 3.8) is 0 Å². The summed E-state index contributed by atoms with van der Waals surface area (Å²) in [5.41, 5.74) is 1.37. The molecule has 1 N–H and O–H groups in total. The van der Waals surface area contributed by atoms with Gasteiger partial charge in [0.25, 0.3) is 0 Å². The minimum Gasteiger partial charge on any atom is -0.497 e. The molecule has 22 heavy (non-hydrogen) atoms. The van der Waals surface area contributed by atoms with Crippen LogP contribution in [-0.2, 0) is 4.79 Å². The van der Waals surface area contributed by atoms with Crippen LogP contribution in [0.5, 0.6) is 11.5 Å². The molecule has 4 nitrogen and oxygen atoms in total. The van der Waals surface area contributed by atoms with Crippen molar-refractivity contribution in [1.82, 2.24) is 0 Å². The zero-order valence-corrected chi connectivity index (χ0v) is 13.1.